The van der Waals surface area contributed by atoms with Gasteiger partial charge >= 0.3 is 0 Å². The second-order valence-electron chi connectivity index (χ2n) is 8.17. The van der Waals surface area contributed by atoms with E-state index in [1.54, 1.807) is 0 Å². The van der Waals surface area contributed by atoms with Crippen molar-refractivity contribution in [3.05, 3.63) is 70.0 Å². The summed E-state index contributed by atoms with van der Waals surface area (Å²) in [6.45, 7) is 5.13. The van der Waals surface area contributed by atoms with Gasteiger partial charge in [-0.1, -0.05) is 25.0 Å². The Kier molecular flexibility index (Phi) is 6.56. The fraction of sp³-hybridized carbons (Fsp3) is 0.360. The fourth-order valence-electron chi connectivity index (χ4n) is 4.24. The number of H-pyrrole nitrogens is 1. The number of thiocarbonyl (C=S) groups is 1. The van der Waals surface area contributed by atoms with Crippen LogP contribution in [0.4, 0.5) is 5.69 Å². The average Bonchev–Trinajstić information content (AvgIpc) is 3.28. The number of aromatic amines is 1. The van der Waals surface area contributed by atoms with Crippen molar-refractivity contribution in [1.82, 2.24) is 9.88 Å². The maximum atomic E-state index is 12.8. The molecule has 3 aromatic rings. The first kappa shape index (κ1) is 21.4. The maximum absolute atomic E-state index is 12.8. The van der Waals surface area contributed by atoms with Gasteiger partial charge in [0, 0.05) is 22.8 Å². The first-order chi connectivity index (χ1) is 15.0. The van der Waals surface area contributed by atoms with Crippen LogP contribution in [0.5, 0.6) is 5.75 Å². The highest BCUT2D eigenvalue weighted by molar-refractivity contribution is 7.80. The van der Waals surface area contributed by atoms with E-state index in [1.165, 1.54) is 12.8 Å². The smallest absolute Gasteiger partial charge is 0.253 e. The molecule has 0 unspecified atom stereocenters. The molecular formula is C25H29N3O2S. The summed E-state index contributed by atoms with van der Waals surface area (Å²) in [7, 11) is 0. The van der Waals surface area contributed by atoms with Gasteiger partial charge in [-0.05, 0) is 86.3 Å². The van der Waals surface area contributed by atoms with Crippen LogP contribution in [-0.2, 0) is 6.54 Å². The van der Waals surface area contributed by atoms with Gasteiger partial charge < -0.3 is 19.9 Å². The molecule has 1 aliphatic carbocycles. The van der Waals surface area contributed by atoms with Gasteiger partial charge in [0.15, 0.2) is 5.11 Å². The van der Waals surface area contributed by atoms with Crippen molar-refractivity contribution in [1.29, 1.82) is 0 Å². The Bertz CT molecular complexity index is 1120. The Balaban J connectivity index is 1.57. The number of hydrogen-bond donors (Lipinski definition) is 2. The second kappa shape index (κ2) is 9.52. The molecule has 2 N–H and O–H groups in total. The van der Waals surface area contributed by atoms with E-state index in [2.05, 4.69) is 27.3 Å². The SMILES string of the molecule is CCOc1ccc(NC(=S)N(Cc2cc3ccc(C)cc3[nH]c2=O)C2CCCC2)cc1. The minimum atomic E-state index is -0.0510. The number of rotatable bonds is 6. The number of hydrogen-bond acceptors (Lipinski definition) is 3. The molecule has 1 fully saturated rings. The number of pyridine rings is 1. The number of nitrogens with one attached hydrogen (secondary N) is 2. The van der Waals surface area contributed by atoms with Crippen LogP contribution >= 0.6 is 12.2 Å². The topological polar surface area (TPSA) is 57.4 Å². The van der Waals surface area contributed by atoms with E-state index in [4.69, 9.17) is 17.0 Å². The summed E-state index contributed by atoms with van der Waals surface area (Å²) in [5.41, 5.74) is 3.60. The zero-order valence-electron chi connectivity index (χ0n) is 18.1. The number of aryl methyl sites for hydroxylation is 1. The van der Waals surface area contributed by atoms with Crippen molar-refractivity contribution in [3.8, 4) is 5.75 Å². The van der Waals surface area contributed by atoms with Gasteiger partial charge in [0.2, 0.25) is 0 Å². The van der Waals surface area contributed by atoms with Crippen molar-refractivity contribution in [3.63, 3.8) is 0 Å². The van der Waals surface area contributed by atoms with Gasteiger partial charge in [-0.2, -0.15) is 0 Å². The van der Waals surface area contributed by atoms with E-state index in [9.17, 15) is 4.79 Å². The van der Waals surface area contributed by atoms with Gasteiger partial charge in [-0.3, -0.25) is 4.79 Å². The number of benzene rings is 2. The molecule has 0 saturated heterocycles. The molecule has 0 aliphatic heterocycles. The highest BCUT2D eigenvalue weighted by Crippen LogP contribution is 2.26. The van der Waals surface area contributed by atoms with Crippen LogP contribution in [0.1, 0.15) is 43.7 Å². The van der Waals surface area contributed by atoms with Crippen LogP contribution in [0.25, 0.3) is 10.9 Å². The van der Waals surface area contributed by atoms with Gasteiger partial charge in [-0.25, -0.2) is 0 Å². The molecule has 4 rings (SSSR count). The molecule has 6 heteroatoms. The van der Waals surface area contributed by atoms with Crippen LogP contribution in [-0.4, -0.2) is 27.6 Å². The Morgan fingerprint density at radius 3 is 2.61 bits per heavy atom. The van der Waals surface area contributed by atoms with Crippen LogP contribution in [0, 0.1) is 6.92 Å². The average molecular weight is 436 g/mol. The number of fused-ring (bicyclic) bond motifs is 1. The number of ether oxygens (including phenoxy) is 1. The van der Waals surface area contributed by atoms with Crippen molar-refractivity contribution >= 4 is 33.9 Å². The van der Waals surface area contributed by atoms with Crippen LogP contribution in [0.15, 0.2) is 53.3 Å². The Hall–Kier alpha value is -2.86. The standard InChI is InChI=1S/C25H29N3O2S/c1-3-30-22-12-10-20(11-13-22)26-25(31)28(21-6-4-5-7-21)16-19-15-18-9-8-17(2)14-23(18)27-24(19)29/h8-15,21H,3-7,16H2,1-2H3,(H,26,31)(H,27,29). The third-order valence-electron chi connectivity index (χ3n) is 5.86. The summed E-state index contributed by atoms with van der Waals surface area (Å²) in [5, 5.41) is 5.05. The van der Waals surface area contributed by atoms with E-state index >= 15 is 0 Å². The molecule has 1 aromatic heterocycles. The monoisotopic (exact) mass is 435 g/mol. The van der Waals surface area contributed by atoms with Gasteiger partial charge in [0.05, 0.1) is 13.2 Å². The molecule has 1 heterocycles. The van der Waals surface area contributed by atoms with Gasteiger partial charge in [0.25, 0.3) is 5.56 Å². The molecule has 2 aromatic carbocycles. The number of anilines is 1. The third-order valence-corrected chi connectivity index (χ3v) is 6.20. The molecule has 0 bridgehead atoms. The lowest BCUT2D eigenvalue weighted by atomic mass is 10.1. The normalized spacial score (nSPS) is 14.0. The highest BCUT2D eigenvalue weighted by Gasteiger charge is 2.25. The molecule has 162 valence electrons. The van der Waals surface area contributed by atoms with Crippen molar-refractivity contribution in [2.45, 2.75) is 52.1 Å². The van der Waals surface area contributed by atoms with E-state index in [-0.39, 0.29) is 5.56 Å². The molecule has 31 heavy (non-hydrogen) atoms. The summed E-state index contributed by atoms with van der Waals surface area (Å²) in [4.78, 5) is 18.0. The van der Waals surface area contributed by atoms with E-state index in [0.29, 0.717) is 24.3 Å². The van der Waals surface area contributed by atoms with Crippen LogP contribution in [0.3, 0.4) is 0 Å². The lowest BCUT2D eigenvalue weighted by Crippen LogP contribution is -2.42. The molecular weight excluding hydrogens is 406 g/mol. The molecule has 0 amide bonds. The van der Waals surface area contributed by atoms with Crippen molar-refractivity contribution in [2.24, 2.45) is 0 Å². The van der Waals surface area contributed by atoms with E-state index in [0.717, 1.165) is 46.3 Å². The van der Waals surface area contributed by atoms with Crippen molar-refractivity contribution in [2.75, 3.05) is 11.9 Å². The Labute approximate surface area is 188 Å². The third kappa shape index (κ3) is 5.07. The molecule has 5 nitrogen and oxygen atoms in total. The summed E-state index contributed by atoms with van der Waals surface area (Å²) in [6, 6.07) is 16.3. The lowest BCUT2D eigenvalue weighted by molar-refractivity contribution is 0.311. The van der Waals surface area contributed by atoms with E-state index < -0.39 is 0 Å². The van der Waals surface area contributed by atoms with Gasteiger partial charge in [0.1, 0.15) is 5.75 Å². The summed E-state index contributed by atoms with van der Waals surface area (Å²) < 4.78 is 5.52. The zero-order chi connectivity index (χ0) is 21.8. The summed E-state index contributed by atoms with van der Waals surface area (Å²) in [5.74, 6) is 0.838. The molecule has 0 spiro atoms. The zero-order valence-corrected chi connectivity index (χ0v) is 18.9. The minimum Gasteiger partial charge on any atom is -0.494 e. The maximum Gasteiger partial charge on any atom is 0.253 e. The van der Waals surface area contributed by atoms with Crippen LogP contribution in [0.2, 0.25) is 0 Å². The Morgan fingerprint density at radius 1 is 1.16 bits per heavy atom. The number of aromatic nitrogens is 1. The minimum absolute atomic E-state index is 0.0510. The number of nitrogens with zero attached hydrogens (tertiary/aromatic N) is 1. The first-order valence-corrected chi connectivity index (χ1v) is 11.4. The van der Waals surface area contributed by atoms with Gasteiger partial charge in [-0.15, -0.1) is 0 Å². The second-order valence-corrected chi connectivity index (χ2v) is 8.55. The molecule has 0 atom stereocenters. The summed E-state index contributed by atoms with van der Waals surface area (Å²) >= 11 is 5.80. The Morgan fingerprint density at radius 2 is 1.90 bits per heavy atom. The fourth-order valence-corrected chi connectivity index (χ4v) is 4.57. The summed E-state index contributed by atoms with van der Waals surface area (Å²) in [6.07, 6.45) is 4.58. The predicted octanol–water partition coefficient (Wildman–Crippen LogP) is 5.38. The first-order valence-electron chi connectivity index (χ1n) is 11.0. The van der Waals surface area contributed by atoms with Crippen molar-refractivity contribution < 1.29 is 4.74 Å². The molecule has 0 radical (unpaired) electrons. The molecule has 1 saturated carbocycles. The van der Waals surface area contributed by atoms with E-state index in [1.807, 2.05) is 50.2 Å². The van der Waals surface area contributed by atoms with Crippen LogP contribution < -0.4 is 15.6 Å². The predicted molar refractivity (Wildman–Crippen MR) is 131 cm³/mol. The quantitative estimate of drug-likeness (QED) is 0.509. The highest BCUT2D eigenvalue weighted by atomic mass is 32.1. The lowest BCUT2D eigenvalue weighted by Gasteiger charge is -2.31. The molecule has 1 aliphatic rings. The largest absolute Gasteiger partial charge is 0.494 e.